The summed E-state index contributed by atoms with van der Waals surface area (Å²) in [5, 5.41) is 29.2. The summed E-state index contributed by atoms with van der Waals surface area (Å²) < 4.78 is 6.84. The molecule has 3 heterocycles. The fourth-order valence-corrected chi connectivity index (χ4v) is 4.83. The Labute approximate surface area is 200 Å². The van der Waals surface area contributed by atoms with E-state index in [2.05, 4.69) is 15.0 Å². The monoisotopic (exact) mass is 483 g/mol. The zero-order valence-electron chi connectivity index (χ0n) is 18.6. The van der Waals surface area contributed by atoms with Crippen molar-refractivity contribution < 1.29 is 19.7 Å². The highest BCUT2D eigenvalue weighted by molar-refractivity contribution is 7.99. The van der Waals surface area contributed by atoms with Gasteiger partial charge in [-0.2, -0.15) is 5.26 Å². The SMILES string of the molecule is COCC(=O)N1CCC(CCn2cnc(N)c3nc(Sc4cc(O)c(O)cc4C#N)nc2-3)CC1. The van der Waals surface area contributed by atoms with Crippen LogP contribution in [0.1, 0.15) is 24.8 Å². The third kappa shape index (κ3) is 5.00. The molecule has 0 aromatic heterocycles. The number of hydrogen-bond acceptors (Lipinski definition) is 10. The molecule has 1 fully saturated rings. The van der Waals surface area contributed by atoms with Gasteiger partial charge < -0.3 is 30.2 Å². The number of ether oxygens (including phenoxy) is 1. The average Bonchev–Trinajstić information content (AvgIpc) is 3.26. The van der Waals surface area contributed by atoms with Crippen molar-refractivity contribution in [2.45, 2.75) is 35.9 Å². The highest BCUT2D eigenvalue weighted by atomic mass is 32.2. The number of carbonyl (C=O) groups is 1. The lowest BCUT2D eigenvalue weighted by atomic mass is 9.93. The van der Waals surface area contributed by atoms with Crippen LogP contribution in [0.4, 0.5) is 5.82 Å². The van der Waals surface area contributed by atoms with E-state index in [9.17, 15) is 20.3 Å². The third-order valence-corrected chi connectivity index (χ3v) is 6.81. The zero-order valence-corrected chi connectivity index (χ0v) is 19.5. The molecule has 0 aliphatic carbocycles. The van der Waals surface area contributed by atoms with Crippen LogP contribution in [0.15, 0.2) is 28.5 Å². The van der Waals surface area contributed by atoms with E-state index >= 15 is 0 Å². The lowest BCUT2D eigenvalue weighted by molar-refractivity contribution is -0.136. The van der Waals surface area contributed by atoms with Crippen LogP contribution in [0.2, 0.25) is 0 Å². The molecule has 1 saturated heterocycles. The Morgan fingerprint density at radius 1 is 1.29 bits per heavy atom. The fourth-order valence-electron chi connectivity index (χ4n) is 3.98. The summed E-state index contributed by atoms with van der Waals surface area (Å²) in [6.45, 7) is 2.24. The second-order valence-corrected chi connectivity index (χ2v) is 9.11. The number of rotatable bonds is 7. The summed E-state index contributed by atoms with van der Waals surface area (Å²) in [7, 11) is 1.52. The molecule has 3 aliphatic heterocycles. The molecule has 12 heteroatoms. The number of nitriles is 1. The third-order valence-electron chi connectivity index (χ3n) is 5.88. The van der Waals surface area contributed by atoms with Gasteiger partial charge in [0, 0.05) is 37.7 Å². The van der Waals surface area contributed by atoms with E-state index in [0.29, 0.717) is 34.0 Å². The Morgan fingerprint density at radius 3 is 2.74 bits per heavy atom. The Balaban J connectivity index is 1.46. The topological polar surface area (TPSA) is 163 Å². The summed E-state index contributed by atoms with van der Waals surface area (Å²) in [5.41, 5.74) is 6.69. The lowest BCUT2D eigenvalue weighted by Gasteiger charge is -2.32. The van der Waals surface area contributed by atoms with Crippen LogP contribution in [0.3, 0.4) is 0 Å². The number of aryl methyl sites for hydroxylation is 1. The molecule has 11 nitrogen and oxygen atoms in total. The average molecular weight is 484 g/mol. The number of anilines is 1. The van der Waals surface area contributed by atoms with Crippen LogP contribution in [0, 0.1) is 17.2 Å². The smallest absolute Gasteiger partial charge is 0.248 e. The first-order chi connectivity index (χ1) is 16.4. The van der Waals surface area contributed by atoms with Crippen molar-refractivity contribution in [1.82, 2.24) is 24.4 Å². The van der Waals surface area contributed by atoms with Crippen LogP contribution < -0.4 is 5.73 Å². The number of nitrogen functional groups attached to an aromatic ring is 1. The van der Waals surface area contributed by atoms with Crippen LogP contribution in [0.5, 0.6) is 11.5 Å². The maximum Gasteiger partial charge on any atom is 0.248 e. The van der Waals surface area contributed by atoms with Crippen LogP contribution in [-0.4, -0.2) is 67.3 Å². The molecular weight excluding hydrogens is 458 g/mol. The van der Waals surface area contributed by atoms with Crippen LogP contribution >= 0.6 is 11.8 Å². The van der Waals surface area contributed by atoms with Gasteiger partial charge in [0.05, 0.1) is 11.9 Å². The zero-order chi connectivity index (χ0) is 24.2. The van der Waals surface area contributed by atoms with E-state index in [1.165, 1.54) is 19.2 Å². The summed E-state index contributed by atoms with van der Waals surface area (Å²) in [6.07, 6.45) is 4.40. The molecule has 0 atom stereocenters. The largest absolute Gasteiger partial charge is 0.504 e. The Kier molecular flexibility index (Phi) is 7.04. The van der Waals surface area contributed by atoms with Gasteiger partial charge >= 0.3 is 0 Å². The number of aromatic hydroxyl groups is 2. The number of nitrogens with zero attached hydrogens (tertiary/aromatic N) is 6. The minimum atomic E-state index is -0.366. The normalized spacial score (nSPS) is 14.4. The first-order valence-electron chi connectivity index (χ1n) is 10.8. The molecule has 34 heavy (non-hydrogen) atoms. The van der Waals surface area contributed by atoms with Crippen molar-refractivity contribution in [2.24, 2.45) is 5.92 Å². The maximum absolute atomic E-state index is 12.0. The predicted molar refractivity (Wildman–Crippen MR) is 123 cm³/mol. The summed E-state index contributed by atoms with van der Waals surface area (Å²) >= 11 is 1.10. The maximum atomic E-state index is 12.0. The Bertz CT molecular complexity index is 1200. The molecule has 0 saturated carbocycles. The second kappa shape index (κ2) is 10.1. The Hall–Kier alpha value is -3.56. The van der Waals surface area contributed by atoms with Gasteiger partial charge in [-0.1, -0.05) is 0 Å². The summed E-state index contributed by atoms with van der Waals surface area (Å²) in [4.78, 5) is 27.6. The van der Waals surface area contributed by atoms with Crippen molar-refractivity contribution in [3.8, 4) is 29.1 Å². The molecule has 1 amide bonds. The van der Waals surface area contributed by atoms with Crippen molar-refractivity contribution in [1.29, 1.82) is 5.26 Å². The van der Waals surface area contributed by atoms with Gasteiger partial charge in [-0.25, -0.2) is 15.0 Å². The quantitative estimate of drug-likeness (QED) is 0.424. The van der Waals surface area contributed by atoms with E-state index in [4.69, 9.17) is 10.5 Å². The number of benzene rings is 1. The van der Waals surface area contributed by atoms with E-state index in [1.807, 2.05) is 15.5 Å². The number of aromatic nitrogens is 4. The van der Waals surface area contributed by atoms with E-state index in [1.54, 1.807) is 6.33 Å². The molecule has 0 radical (unpaired) electrons. The number of phenols is 2. The number of fused-ring (bicyclic) bond motifs is 1. The van der Waals surface area contributed by atoms with Crippen LogP contribution in [-0.2, 0) is 16.1 Å². The number of phenolic OH excluding ortho intramolecular Hbond substituents is 2. The number of imidazole rings is 1. The molecule has 1 aromatic rings. The first kappa shape index (κ1) is 23.6. The molecule has 0 bridgehead atoms. The summed E-state index contributed by atoms with van der Waals surface area (Å²) in [6, 6.07) is 4.50. The number of carbonyl (C=O) groups excluding carboxylic acids is 1. The fraction of sp³-hybridized carbons (Fsp3) is 0.409. The molecule has 1 aromatic carbocycles. The number of methoxy groups -OCH3 is 1. The van der Waals surface area contributed by atoms with E-state index in [0.717, 1.165) is 44.1 Å². The minimum absolute atomic E-state index is 0.0263. The van der Waals surface area contributed by atoms with Gasteiger partial charge in [0.2, 0.25) is 5.91 Å². The van der Waals surface area contributed by atoms with Crippen molar-refractivity contribution in [3.05, 3.63) is 24.0 Å². The number of nitrogens with two attached hydrogens (primary N) is 1. The molecule has 4 N–H and O–H groups in total. The molecule has 178 valence electrons. The van der Waals surface area contributed by atoms with Gasteiger partial charge in [-0.05, 0) is 43.0 Å². The van der Waals surface area contributed by atoms with Crippen LogP contribution in [0.25, 0.3) is 11.5 Å². The lowest BCUT2D eigenvalue weighted by Crippen LogP contribution is -2.40. The molecule has 3 aliphatic rings. The van der Waals surface area contributed by atoms with Crippen molar-refractivity contribution >= 4 is 23.5 Å². The van der Waals surface area contributed by atoms with E-state index in [-0.39, 0.29) is 35.4 Å². The first-order valence-corrected chi connectivity index (χ1v) is 11.6. The predicted octanol–water partition coefficient (Wildman–Crippen LogP) is 2.07. The number of likely N-dealkylation sites (tertiary alicyclic amines) is 1. The molecular formula is C22H25N7O4S. The molecule has 0 unspecified atom stereocenters. The van der Waals surface area contributed by atoms with Gasteiger partial charge in [-0.3, -0.25) is 4.79 Å². The van der Waals surface area contributed by atoms with Gasteiger partial charge in [-0.15, -0.1) is 0 Å². The standard InChI is InChI=1S/C22H25N7O4S/c1-33-11-18(32)28-5-2-13(3-6-28)4-7-29-12-25-20(24)19-21(29)27-22(26-19)34-17-9-16(31)15(30)8-14(17)10-23/h8-9,12-13,30-31H,2-7,11,24H2,1H3. The highest BCUT2D eigenvalue weighted by Crippen LogP contribution is 2.38. The number of amides is 1. The number of hydrogen-bond donors (Lipinski definition) is 3. The molecule has 0 spiro atoms. The van der Waals surface area contributed by atoms with Gasteiger partial charge in [0.25, 0.3) is 0 Å². The van der Waals surface area contributed by atoms with Gasteiger partial charge in [0.1, 0.15) is 12.7 Å². The second-order valence-electron chi connectivity index (χ2n) is 8.10. The van der Waals surface area contributed by atoms with E-state index < -0.39 is 0 Å². The highest BCUT2D eigenvalue weighted by Gasteiger charge is 2.24. The molecule has 4 rings (SSSR count). The minimum Gasteiger partial charge on any atom is -0.504 e. The summed E-state index contributed by atoms with van der Waals surface area (Å²) in [5.74, 6) is 0.646. The van der Waals surface area contributed by atoms with Crippen molar-refractivity contribution in [2.75, 3.05) is 32.5 Å². The Morgan fingerprint density at radius 2 is 2.03 bits per heavy atom. The number of piperidine rings is 1. The van der Waals surface area contributed by atoms with Crippen molar-refractivity contribution in [3.63, 3.8) is 0 Å². The van der Waals surface area contributed by atoms with Gasteiger partial charge in [0.15, 0.2) is 34.0 Å².